The van der Waals surface area contributed by atoms with E-state index in [1.54, 1.807) is 0 Å². The Kier molecular flexibility index (Phi) is 2.95. The van der Waals surface area contributed by atoms with Crippen molar-refractivity contribution in [1.29, 1.82) is 0 Å². The van der Waals surface area contributed by atoms with Crippen molar-refractivity contribution in [3.05, 3.63) is 33.7 Å². The Labute approximate surface area is 113 Å². The summed E-state index contributed by atoms with van der Waals surface area (Å²) in [6.07, 6.45) is 4.08. The zero-order valence-corrected chi connectivity index (χ0v) is 11.3. The number of hydrogen-bond donors (Lipinski definition) is 2. The number of anilines is 1. The molecule has 1 aliphatic carbocycles. The van der Waals surface area contributed by atoms with Crippen molar-refractivity contribution in [2.45, 2.75) is 25.7 Å². The zero-order valence-electron chi connectivity index (χ0n) is 9.76. The van der Waals surface area contributed by atoms with Crippen LogP contribution in [0.3, 0.4) is 0 Å². The molecule has 0 spiro atoms. The van der Waals surface area contributed by atoms with Gasteiger partial charge in [0.25, 0.3) is 0 Å². The maximum atomic E-state index is 14.0. The van der Waals surface area contributed by atoms with Crippen molar-refractivity contribution in [2.24, 2.45) is 5.84 Å². The van der Waals surface area contributed by atoms with E-state index >= 15 is 0 Å². The lowest BCUT2D eigenvalue weighted by molar-refractivity contribution is 0.631. The summed E-state index contributed by atoms with van der Waals surface area (Å²) in [6, 6.07) is 3.29. The highest BCUT2D eigenvalue weighted by molar-refractivity contribution is 9.10. The summed E-state index contributed by atoms with van der Waals surface area (Å²) in [5.74, 6) is 5.31. The molecule has 0 amide bonds. The van der Waals surface area contributed by atoms with Crippen molar-refractivity contribution in [1.82, 2.24) is 4.98 Å². The van der Waals surface area contributed by atoms with Gasteiger partial charge in [0.15, 0.2) is 5.82 Å². The summed E-state index contributed by atoms with van der Waals surface area (Å²) in [4.78, 5) is 4.47. The van der Waals surface area contributed by atoms with Gasteiger partial charge in [0.1, 0.15) is 5.52 Å². The van der Waals surface area contributed by atoms with Gasteiger partial charge in [-0.25, -0.2) is 9.37 Å². The predicted molar refractivity (Wildman–Crippen MR) is 73.9 cm³/mol. The number of aromatic nitrogens is 1. The third kappa shape index (κ3) is 1.78. The molecule has 1 aliphatic rings. The maximum Gasteiger partial charge on any atom is 0.150 e. The minimum Gasteiger partial charge on any atom is -0.323 e. The first kappa shape index (κ1) is 11.9. The first-order valence-corrected chi connectivity index (χ1v) is 6.77. The standard InChI is InChI=1S/C13H13BrFN3/c14-7-5-9-12(18-16)8-3-1-2-4-11(8)17-13(9)10(15)6-7/h5-6H,1-4,16H2,(H,17,18). The van der Waals surface area contributed by atoms with Crippen LogP contribution in [0.2, 0.25) is 0 Å². The molecule has 1 heterocycles. The van der Waals surface area contributed by atoms with Crippen LogP contribution in [0.4, 0.5) is 10.1 Å². The van der Waals surface area contributed by atoms with Crippen LogP contribution >= 0.6 is 15.9 Å². The van der Waals surface area contributed by atoms with Crippen molar-refractivity contribution in [3.8, 4) is 0 Å². The highest BCUT2D eigenvalue weighted by Crippen LogP contribution is 2.35. The fourth-order valence-corrected chi connectivity index (χ4v) is 3.04. The fraction of sp³-hybridized carbons (Fsp3) is 0.308. The second-order valence-corrected chi connectivity index (χ2v) is 5.46. The highest BCUT2D eigenvalue weighted by atomic mass is 79.9. The van der Waals surface area contributed by atoms with Crippen molar-refractivity contribution >= 4 is 32.5 Å². The van der Waals surface area contributed by atoms with Gasteiger partial charge in [-0.15, -0.1) is 0 Å². The summed E-state index contributed by atoms with van der Waals surface area (Å²) >= 11 is 3.31. The topological polar surface area (TPSA) is 50.9 Å². The maximum absolute atomic E-state index is 14.0. The third-order valence-corrected chi connectivity index (χ3v) is 3.89. The minimum atomic E-state index is -0.316. The third-order valence-electron chi connectivity index (χ3n) is 3.43. The molecule has 1 aromatic heterocycles. The Balaban J connectivity index is 2.40. The van der Waals surface area contributed by atoms with E-state index in [4.69, 9.17) is 5.84 Å². The van der Waals surface area contributed by atoms with Gasteiger partial charge in [-0.05, 0) is 43.4 Å². The molecule has 0 bridgehead atoms. The summed E-state index contributed by atoms with van der Waals surface area (Å²) in [5, 5.41) is 0.741. The number of hydrogen-bond acceptors (Lipinski definition) is 3. The number of hydrazine groups is 1. The highest BCUT2D eigenvalue weighted by Gasteiger charge is 2.19. The van der Waals surface area contributed by atoms with Crippen LogP contribution in [0.15, 0.2) is 16.6 Å². The van der Waals surface area contributed by atoms with Crippen LogP contribution in [0.1, 0.15) is 24.1 Å². The number of nitrogens with one attached hydrogen (secondary N) is 1. The average Bonchev–Trinajstić information content (AvgIpc) is 2.36. The fourth-order valence-electron chi connectivity index (χ4n) is 2.61. The molecule has 3 N–H and O–H groups in total. The Bertz CT molecular complexity index is 627. The van der Waals surface area contributed by atoms with E-state index in [0.717, 1.165) is 48.0 Å². The molecule has 3 rings (SSSR count). The molecule has 0 unspecified atom stereocenters. The van der Waals surface area contributed by atoms with Crippen LogP contribution in [0, 0.1) is 5.82 Å². The number of aryl methyl sites for hydroxylation is 1. The van der Waals surface area contributed by atoms with E-state index in [2.05, 4.69) is 26.3 Å². The molecule has 0 saturated heterocycles. The zero-order chi connectivity index (χ0) is 12.7. The van der Waals surface area contributed by atoms with Gasteiger partial charge in [-0.3, -0.25) is 5.84 Å². The number of fused-ring (bicyclic) bond motifs is 2. The summed E-state index contributed by atoms with van der Waals surface area (Å²) in [6.45, 7) is 0. The molecule has 0 saturated carbocycles. The van der Waals surface area contributed by atoms with Crippen LogP contribution in [-0.4, -0.2) is 4.98 Å². The Morgan fingerprint density at radius 2 is 2.06 bits per heavy atom. The number of nitrogens with two attached hydrogens (primary N) is 1. The van der Waals surface area contributed by atoms with Gasteiger partial charge in [-0.2, -0.15) is 0 Å². The lowest BCUT2D eigenvalue weighted by Crippen LogP contribution is -2.15. The quantitative estimate of drug-likeness (QED) is 0.628. The number of nitrogens with zero attached hydrogens (tertiary/aromatic N) is 1. The van der Waals surface area contributed by atoms with Gasteiger partial charge >= 0.3 is 0 Å². The first-order valence-electron chi connectivity index (χ1n) is 5.98. The van der Waals surface area contributed by atoms with Gasteiger partial charge in [0.05, 0.1) is 5.69 Å². The Morgan fingerprint density at radius 1 is 1.28 bits per heavy atom. The lowest BCUT2D eigenvalue weighted by Gasteiger charge is -2.20. The normalized spacial score (nSPS) is 14.6. The molecule has 2 aromatic rings. The molecule has 0 atom stereocenters. The van der Waals surface area contributed by atoms with E-state index in [9.17, 15) is 4.39 Å². The Hall–Kier alpha value is -1.20. The van der Waals surface area contributed by atoms with Crippen LogP contribution in [0.25, 0.3) is 10.9 Å². The smallest absolute Gasteiger partial charge is 0.150 e. The monoisotopic (exact) mass is 309 g/mol. The Morgan fingerprint density at radius 3 is 2.83 bits per heavy atom. The molecule has 0 fully saturated rings. The van der Waals surface area contributed by atoms with Gasteiger partial charge in [0.2, 0.25) is 0 Å². The molecule has 18 heavy (non-hydrogen) atoms. The molecule has 94 valence electrons. The molecular weight excluding hydrogens is 297 g/mol. The van der Waals surface area contributed by atoms with Gasteiger partial charge in [0, 0.05) is 15.6 Å². The van der Waals surface area contributed by atoms with E-state index in [1.165, 1.54) is 6.07 Å². The summed E-state index contributed by atoms with van der Waals surface area (Å²) in [5.41, 5.74) is 6.04. The number of benzene rings is 1. The molecule has 0 aliphatic heterocycles. The number of nitrogen functional groups attached to an aromatic ring is 1. The lowest BCUT2D eigenvalue weighted by atomic mass is 9.93. The summed E-state index contributed by atoms with van der Waals surface area (Å²) < 4.78 is 14.7. The SMILES string of the molecule is NNc1c2c(nc3c(F)cc(Br)cc13)CCCC2. The van der Waals surface area contributed by atoms with Crippen molar-refractivity contribution in [3.63, 3.8) is 0 Å². The van der Waals surface area contributed by atoms with E-state index < -0.39 is 0 Å². The van der Waals surface area contributed by atoms with Gasteiger partial charge in [-0.1, -0.05) is 15.9 Å². The second-order valence-electron chi connectivity index (χ2n) is 4.55. The molecule has 0 radical (unpaired) electrons. The molecule has 3 nitrogen and oxygen atoms in total. The summed E-state index contributed by atoms with van der Waals surface area (Å²) in [7, 11) is 0. The number of halogens is 2. The predicted octanol–water partition coefficient (Wildman–Crippen LogP) is 3.30. The minimum absolute atomic E-state index is 0.316. The first-order chi connectivity index (χ1) is 8.70. The van der Waals surface area contributed by atoms with E-state index in [1.807, 2.05) is 6.07 Å². The largest absolute Gasteiger partial charge is 0.323 e. The van der Waals surface area contributed by atoms with Crippen LogP contribution < -0.4 is 11.3 Å². The second kappa shape index (κ2) is 4.48. The molecule has 5 heteroatoms. The van der Waals surface area contributed by atoms with Crippen molar-refractivity contribution < 1.29 is 4.39 Å². The number of pyridine rings is 1. The van der Waals surface area contributed by atoms with E-state index in [0.29, 0.717) is 9.99 Å². The average molecular weight is 310 g/mol. The van der Waals surface area contributed by atoms with Crippen LogP contribution in [0.5, 0.6) is 0 Å². The molecular formula is C13H13BrFN3. The van der Waals surface area contributed by atoms with Crippen LogP contribution in [-0.2, 0) is 12.8 Å². The number of rotatable bonds is 1. The van der Waals surface area contributed by atoms with Crippen molar-refractivity contribution in [2.75, 3.05) is 5.43 Å². The van der Waals surface area contributed by atoms with Gasteiger partial charge < -0.3 is 5.43 Å². The van der Waals surface area contributed by atoms with E-state index in [-0.39, 0.29) is 5.82 Å². The molecule has 1 aromatic carbocycles.